The molecule has 0 aromatic heterocycles. The van der Waals surface area contributed by atoms with Gasteiger partial charge in [0, 0.05) is 30.4 Å². The second-order valence-electron chi connectivity index (χ2n) is 4.44. The molecule has 1 rings (SSSR count). The summed E-state index contributed by atoms with van der Waals surface area (Å²) in [5.74, 6) is -0.797. The highest BCUT2D eigenvalue weighted by atomic mass is 19.1. The molecule has 0 radical (unpaired) electrons. The average Bonchev–Trinajstić information content (AvgIpc) is 2.27. The Kier molecular flexibility index (Phi) is 5.09. The Labute approximate surface area is 106 Å². The summed E-state index contributed by atoms with van der Waals surface area (Å²) in [4.78, 5) is 13.8. The average molecular weight is 254 g/mol. The number of nitrogen functional groups attached to an aromatic ring is 1. The molecule has 0 aliphatic carbocycles. The SMILES string of the molecule is CC(C)N(CCCO)C(=O)c1cc(N)cc(F)c1. The molecule has 0 atom stereocenters. The van der Waals surface area contributed by atoms with Crippen molar-refractivity contribution in [1.29, 1.82) is 0 Å². The minimum atomic E-state index is -0.524. The first-order valence-corrected chi connectivity index (χ1v) is 5.93. The van der Waals surface area contributed by atoms with Crippen LogP contribution in [0.25, 0.3) is 0 Å². The van der Waals surface area contributed by atoms with Gasteiger partial charge < -0.3 is 15.7 Å². The van der Waals surface area contributed by atoms with Gasteiger partial charge in [0.15, 0.2) is 0 Å². The molecule has 0 saturated carbocycles. The number of amides is 1. The van der Waals surface area contributed by atoms with Crippen molar-refractivity contribution in [1.82, 2.24) is 4.90 Å². The zero-order valence-corrected chi connectivity index (χ0v) is 10.7. The standard InChI is InChI=1S/C13H19FN2O2/c1-9(2)16(4-3-5-17)13(18)10-6-11(14)8-12(15)7-10/h6-9,17H,3-5,15H2,1-2H3. The van der Waals surface area contributed by atoms with E-state index in [1.54, 1.807) is 4.90 Å². The summed E-state index contributed by atoms with van der Waals surface area (Å²) < 4.78 is 13.2. The van der Waals surface area contributed by atoms with E-state index < -0.39 is 5.82 Å². The first kappa shape index (κ1) is 14.4. The summed E-state index contributed by atoms with van der Waals surface area (Å²) in [6.45, 7) is 4.20. The predicted molar refractivity (Wildman–Crippen MR) is 68.7 cm³/mol. The van der Waals surface area contributed by atoms with Crippen LogP contribution in [-0.4, -0.2) is 35.1 Å². The molecule has 1 amide bonds. The molecule has 0 fully saturated rings. The lowest BCUT2D eigenvalue weighted by atomic mass is 10.1. The quantitative estimate of drug-likeness (QED) is 0.785. The second-order valence-corrected chi connectivity index (χ2v) is 4.44. The lowest BCUT2D eigenvalue weighted by Crippen LogP contribution is -2.38. The van der Waals surface area contributed by atoms with Crippen LogP contribution in [0.3, 0.4) is 0 Å². The van der Waals surface area contributed by atoms with Gasteiger partial charge in [0.2, 0.25) is 0 Å². The Morgan fingerprint density at radius 1 is 1.44 bits per heavy atom. The number of hydrogen-bond donors (Lipinski definition) is 2. The number of hydrogen-bond acceptors (Lipinski definition) is 3. The monoisotopic (exact) mass is 254 g/mol. The number of nitrogens with zero attached hydrogens (tertiary/aromatic N) is 1. The van der Waals surface area contributed by atoms with Crippen LogP contribution in [0.5, 0.6) is 0 Å². The Morgan fingerprint density at radius 3 is 2.61 bits per heavy atom. The number of nitrogens with two attached hydrogens (primary N) is 1. The van der Waals surface area contributed by atoms with Gasteiger partial charge in [-0.3, -0.25) is 4.79 Å². The summed E-state index contributed by atoms with van der Waals surface area (Å²) in [7, 11) is 0. The molecule has 18 heavy (non-hydrogen) atoms. The van der Waals surface area contributed by atoms with Gasteiger partial charge in [-0.1, -0.05) is 0 Å². The molecule has 0 spiro atoms. The van der Waals surface area contributed by atoms with E-state index in [0.717, 1.165) is 0 Å². The van der Waals surface area contributed by atoms with Crippen LogP contribution in [0.2, 0.25) is 0 Å². The second kappa shape index (κ2) is 6.35. The third-order valence-corrected chi connectivity index (χ3v) is 2.61. The molecule has 3 N–H and O–H groups in total. The maximum Gasteiger partial charge on any atom is 0.254 e. The minimum Gasteiger partial charge on any atom is -0.399 e. The van der Waals surface area contributed by atoms with E-state index in [-0.39, 0.29) is 29.8 Å². The molecular formula is C13H19FN2O2. The number of carbonyl (C=O) groups is 1. The fourth-order valence-corrected chi connectivity index (χ4v) is 1.74. The number of aliphatic hydroxyl groups excluding tert-OH is 1. The molecule has 100 valence electrons. The number of halogens is 1. The van der Waals surface area contributed by atoms with Gasteiger partial charge in [-0.2, -0.15) is 0 Å². The van der Waals surface area contributed by atoms with Crippen molar-refractivity contribution in [3.8, 4) is 0 Å². The van der Waals surface area contributed by atoms with Crippen LogP contribution in [0, 0.1) is 5.82 Å². The number of benzene rings is 1. The van der Waals surface area contributed by atoms with E-state index in [0.29, 0.717) is 13.0 Å². The molecule has 0 heterocycles. The van der Waals surface area contributed by atoms with Crippen LogP contribution in [0.15, 0.2) is 18.2 Å². The van der Waals surface area contributed by atoms with Crippen LogP contribution in [-0.2, 0) is 0 Å². The zero-order valence-electron chi connectivity index (χ0n) is 10.7. The van der Waals surface area contributed by atoms with Gasteiger partial charge in [0.25, 0.3) is 5.91 Å². The summed E-state index contributed by atoms with van der Waals surface area (Å²) in [5.41, 5.74) is 5.98. The van der Waals surface area contributed by atoms with Crippen molar-refractivity contribution in [3.05, 3.63) is 29.6 Å². The highest BCUT2D eigenvalue weighted by Gasteiger charge is 2.19. The van der Waals surface area contributed by atoms with Gasteiger partial charge in [-0.15, -0.1) is 0 Å². The molecule has 5 heteroatoms. The van der Waals surface area contributed by atoms with Crippen molar-refractivity contribution < 1.29 is 14.3 Å². The van der Waals surface area contributed by atoms with Crippen molar-refractivity contribution in [2.24, 2.45) is 0 Å². The first-order chi connectivity index (χ1) is 8.45. The van der Waals surface area contributed by atoms with Crippen molar-refractivity contribution in [2.45, 2.75) is 26.3 Å². The van der Waals surface area contributed by atoms with Crippen LogP contribution in [0.4, 0.5) is 10.1 Å². The summed E-state index contributed by atoms with van der Waals surface area (Å²) >= 11 is 0. The molecule has 0 bridgehead atoms. The number of aliphatic hydroxyl groups is 1. The highest BCUT2D eigenvalue weighted by Crippen LogP contribution is 2.14. The Balaban J connectivity index is 2.94. The number of carbonyl (C=O) groups excluding carboxylic acids is 1. The Morgan fingerprint density at radius 2 is 2.11 bits per heavy atom. The number of rotatable bonds is 5. The topological polar surface area (TPSA) is 66.6 Å². The maximum absolute atomic E-state index is 13.2. The van der Waals surface area contributed by atoms with E-state index in [9.17, 15) is 9.18 Å². The lowest BCUT2D eigenvalue weighted by molar-refractivity contribution is 0.0692. The third kappa shape index (κ3) is 3.70. The highest BCUT2D eigenvalue weighted by molar-refractivity contribution is 5.95. The molecule has 0 aliphatic rings. The first-order valence-electron chi connectivity index (χ1n) is 5.93. The zero-order chi connectivity index (χ0) is 13.7. The number of anilines is 1. The van der Waals surface area contributed by atoms with Crippen LogP contribution >= 0.6 is 0 Å². The summed E-state index contributed by atoms with van der Waals surface area (Å²) in [6, 6.07) is 3.78. The fraction of sp³-hybridized carbons (Fsp3) is 0.462. The molecule has 0 unspecified atom stereocenters. The van der Waals surface area contributed by atoms with E-state index in [1.807, 2.05) is 13.8 Å². The normalized spacial score (nSPS) is 10.7. The molecule has 4 nitrogen and oxygen atoms in total. The Hall–Kier alpha value is -1.62. The summed E-state index contributed by atoms with van der Waals surface area (Å²) in [5, 5.41) is 8.82. The van der Waals surface area contributed by atoms with Gasteiger partial charge in [0.1, 0.15) is 5.82 Å². The smallest absolute Gasteiger partial charge is 0.254 e. The van der Waals surface area contributed by atoms with E-state index in [2.05, 4.69) is 0 Å². The minimum absolute atomic E-state index is 0.0157. The van der Waals surface area contributed by atoms with E-state index >= 15 is 0 Å². The molecule has 0 aliphatic heterocycles. The molecule has 1 aromatic rings. The fourth-order valence-electron chi connectivity index (χ4n) is 1.74. The van der Waals surface area contributed by atoms with Crippen LogP contribution < -0.4 is 5.73 Å². The van der Waals surface area contributed by atoms with Crippen molar-refractivity contribution in [2.75, 3.05) is 18.9 Å². The Bertz CT molecular complexity index is 401. The van der Waals surface area contributed by atoms with Crippen molar-refractivity contribution in [3.63, 3.8) is 0 Å². The lowest BCUT2D eigenvalue weighted by Gasteiger charge is -2.26. The van der Waals surface area contributed by atoms with Gasteiger partial charge >= 0.3 is 0 Å². The van der Waals surface area contributed by atoms with E-state index in [4.69, 9.17) is 10.8 Å². The molecule has 0 saturated heterocycles. The van der Waals surface area contributed by atoms with Gasteiger partial charge in [0.05, 0.1) is 0 Å². The molecular weight excluding hydrogens is 235 g/mol. The van der Waals surface area contributed by atoms with Crippen molar-refractivity contribution >= 4 is 11.6 Å². The van der Waals surface area contributed by atoms with Crippen LogP contribution in [0.1, 0.15) is 30.6 Å². The van der Waals surface area contributed by atoms with Gasteiger partial charge in [-0.25, -0.2) is 4.39 Å². The predicted octanol–water partition coefficient (Wildman–Crippen LogP) is 1.64. The summed E-state index contributed by atoms with van der Waals surface area (Å²) in [6.07, 6.45) is 0.495. The largest absolute Gasteiger partial charge is 0.399 e. The van der Waals surface area contributed by atoms with E-state index in [1.165, 1.54) is 18.2 Å². The molecule has 1 aromatic carbocycles. The maximum atomic E-state index is 13.2. The third-order valence-electron chi connectivity index (χ3n) is 2.61. The van der Waals surface area contributed by atoms with Gasteiger partial charge in [-0.05, 0) is 38.5 Å².